The summed E-state index contributed by atoms with van der Waals surface area (Å²) in [5.41, 5.74) is 0.791. The molecular formula is C18H21ClN4O2. The highest BCUT2D eigenvalue weighted by Crippen LogP contribution is 2.32. The SMILES string of the molecule is CNCC(=O)N1CCC[C@@H](c2nccnc2Oc2ccc(Cl)cc2)C1. The molecule has 1 aromatic carbocycles. The van der Waals surface area contributed by atoms with Gasteiger partial charge in [-0.2, -0.15) is 0 Å². The summed E-state index contributed by atoms with van der Waals surface area (Å²) in [4.78, 5) is 22.9. The molecule has 25 heavy (non-hydrogen) atoms. The Hall–Kier alpha value is -2.18. The maximum atomic E-state index is 12.2. The minimum absolute atomic E-state index is 0.108. The lowest BCUT2D eigenvalue weighted by Gasteiger charge is -2.32. The molecule has 0 bridgehead atoms. The van der Waals surface area contributed by atoms with Gasteiger partial charge in [0.15, 0.2) is 0 Å². The van der Waals surface area contributed by atoms with Gasteiger partial charge in [0.2, 0.25) is 11.8 Å². The molecule has 1 fully saturated rings. The number of ether oxygens (including phenoxy) is 1. The second kappa shape index (κ2) is 8.27. The van der Waals surface area contributed by atoms with Gasteiger partial charge in [0.05, 0.1) is 6.54 Å². The summed E-state index contributed by atoms with van der Waals surface area (Å²) in [5.74, 6) is 1.37. The number of benzene rings is 1. The fraction of sp³-hybridized carbons (Fsp3) is 0.389. The number of hydrogen-bond acceptors (Lipinski definition) is 5. The van der Waals surface area contributed by atoms with Crippen LogP contribution in [0.1, 0.15) is 24.5 Å². The van der Waals surface area contributed by atoms with E-state index in [1.165, 1.54) is 0 Å². The zero-order chi connectivity index (χ0) is 17.6. The number of carbonyl (C=O) groups is 1. The Morgan fingerprint density at radius 3 is 2.84 bits per heavy atom. The van der Waals surface area contributed by atoms with Crippen molar-refractivity contribution in [1.29, 1.82) is 0 Å². The summed E-state index contributed by atoms with van der Waals surface area (Å²) in [6, 6.07) is 7.13. The number of rotatable bonds is 5. The molecule has 2 heterocycles. The lowest BCUT2D eigenvalue weighted by molar-refractivity contribution is -0.131. The average Bonchev–Trinajstić information content (AvgIpc) is 2.64. The van der Waals surface area contributed by atoms with Crippen LogP contribution in [-0.2, 0) is 4.79 Å². The molecule has 0 saturated carbocycles. The predicted octanol–water partition coefficient (Wildman–Crippen LogP) is 2.85. The van der Waals surface area contributed by atoms with E-state index in [-0.39, 0.29) is 11.8 Å². The molecule has 1 aliphatic rings. The van der Waals surface area contributed by atoms with Gasteiger partial charge in [-0.1, -0.05) is 11.6 Å². The first-order valence-electron chi connectivity index (χ1n) is 8.34. The molecule has 0 spiro atoms. The molecule has 132 valence electrons. The van der Waals surface area contributed by atoms with E-state index in [1.807, 2.05) is 4.90 Å². The highest BCUT2D eigenvalue weighted by atomic mass is 35.5. The Kier molecular flexibility index (Phi) is 5.83. The Morgan fingerprint density at radius 2 is 2.08 bits per heavy atom. The molecule has 3 rings (SSSR count). The fourth-order valence-corrected chi connectivity index (χ4v) is 3.12. The molecule has 7 heteroatoms. The van der Waals surface area contributed by atoms with Crippen molar-refractivity contribution in [3.8, 4) is 11.6 Å². The number of hydrogen-bond donors (Lipinski definition) is 1. The summed E-state index contributed by atoms with van der Waals surface area (Å²) >= 11 is 5.91. The summed E-state index contributed by atoms with van der Waals surface area (Å²) in [6.45, 7) is 1.77. The first-order valence-corrected chi connectivity index (χ1v) is 8.72. The van der Waals surface area contributed by atoms with Gasteiger partial charge in [-0.05, 0) is 44.2 Å². The number of amides is 1. The standard InChI is InChI=1S/C18H21ClN4O2/c1-20-11-16(24)23-10-2-3-13(12-23)17-18(22-9-8-21-17)25-15-6-4-14(19)5-7-15/h4-9,13,20H,2-3,10-12H2,1H3/t13-/m1/s1. The number of carbonyl (C=O) groups excluding carboxylic acids is 1. The van der Waals surface area contributed by atoms with E-state index < -0.39 is 0 Å². The normalized spacial score (nSPS) is 17.4. The van der Waals surface area contributed by atoms with E-state index in [4.69, 9.17) is 16.3 Å². The third-order valence-corrected chi connectivity index (χ3v) is 4.46. The van der Waals surface area contributed by atoms with Crippen LogP contribution in [0.15, 0.2) is 36.7 Å². The van der Waals surface area contributed by atoms with Crippen molar-refractivity contribution in [2.24, 2.45) is 0 Å². The second-order valence-corrected chi connectivity index (χ2v) is 6.45. The molecular weight excluding hydrogens is 340 g/mol. The number of likely N-dealkylation sites (N-methyl/N-ethyl adjacent to an activating group) is 1. The van der Waals surface area contributed by atoms with Crippen LogP contribution in [0.4, 0.5) is 0 Å². The van der Waals surface area contributed by atoms with Gasteiger partial charge in [-0.25, -0.2) is 4.98 Å². The number of aromatic nitrogens is 2. The molecule has 1 amide bonds. The van der Waals surface area contributed by atoms with Crippen LogP contribution in [0, 0.1) is 0 Å². The van der Waals surface area contributed by atoms with Crippen LogP contribution in [0.5, 0.6) is 11.6 Å². The lowest BCUT2D eigenvalue weighted by Crippen LogP contribution is -2.43. The Balaban J connectivity index is 1.77. The van der Waals surface area contributed by atoms with Gasteiger partial charge in [0.1, 0.15) is 11.4 Å². The van der Waals surface area contributed by atoms with Crippen LogP contribution in [0.25, 0.3) is 0 Å². The Morgan fingerprint density at radius 1 is 1.32 bits per heavy atom. The molecule has 1 aromatic heterocycles. The molecule has 2 aromatic rings. The smallest absolute Gasteiger partial charge is 0.241 e. The van der Waals surface area contributed by atoms with E-state index in [1.54, 1.807) is 43.7 Å². The number of nitrogens with one attached hydrogen (secondary N) is 1. The molecule has 1 saturated heterocycles. The number of piperidine rings is 1. The fourth-order valence-electron chi connectivity index (χ4n) is 3.00. The molecule has 1 atom stereocenters. The van der Waals surface area contributed by atoms with Crippen molar-refractivity contribution in [2.45, 2.75) is 18.8 Å². The van der Waals surface area contributed by atoms with Crippen LogP contribution >= 0.6 is 11.6 Å². The molecule has 0 radical (unpaired) electrons. The van der Waals surface area contributed by atoms with E-state index in [0.29, 0.717) is 29.7 Å². The molecule has 0 aliphatic carbocycles. The van der Waals surface area contributed by atoms with Crippen molar-refractivity contribution < 1.29 is 9.53 Å². The van der Waals surface area contributed by atoms with E-state index >= 15 is 0 Å². The van der Waals surface area contributed by atoms with Gasteiger partial charge in [-0.15, -0.1) is 0 Å². The quantitative estimate of drug-likeness (QED) is 0.888. The average molecular weight is 361 g/mol. The summed E-state index contributed by atoms with van der Waals surface area (Å²) in [6.07, 6.45) is 5.18. The summed E-state index contributed by atoms with van der Waals surface area (Å²) in [7, 11) is 1.78. The zero-order valence-electron chi connectivity index (χ0n) is 14.1. The largest absolute Gasteiger partial charge is 0.437 e. The number of halogens is 1. The second-order valence-electron chi connectivity index (χ2n) is 6.01. The summed E-state index contributed by atoms with van der Waals surface area (Å²) in [5, 5.41) is 3.56. The monoisotopic (exact) mass is 360 g/mol. The number of nitrogens with zero attached hydrogens (tertiary/aromatic N) is 3. The Bertz CT molecular complexity index is 723. The Labute approximate surface area is 152 Å². The first-order chi connectivity index (χ1) is 12.2. The first kappa shape index (κ1) is 17.6. The lowest BCUT2D eigenvalue weighted by atomic mass is 9.94. The maximum Gasteiger partial charge on any atom is 0.241 e. The highest BCUT2D eigenvalue weighted by molar-refractivity contribution is 6.30. The molecule has 6 nitrogen and oxygen atoms in total. The van der Waals surface area contributed by atoms with Crippen molar-refractivity contribution in [3.05, 3.63) is 47.4 Å². The van der Waals surface area contributed by atoms with Crippen molar-refractivity contribution in [2.75, 3.05) is 26.7 Å². The van der Waals surface area contributed by atoms with E-state index in [0.717, 1.165) is 25.1 Å². The van der Waals surface area contributed by atoms with Crippen LogP contribution < -0.4 is 10.1 Å². The topological polar surface area (TPSA) is 67.4 Å². The van der Waals surface area contributed by atoms with E-state index in [9.17, 15) is 4.79 Å². The minimum atomic E-state index is 0.108. The van der Waals surface area contributed by atoms with Gasteiger partial charge < -0.3 is 15.0 Å². The van der Waals surface area contributed by atoms with Gasteiger partial charge >= 0.3 is 0 Å². The predicted molar refractivity (Wildman–Crippen MR) is 96.0 cm³/mol. The van der Waals surface area contributed by atoms with Crippen LogP contribution in [0.3, 0.4) is 0 Å². The molecule has 0 unspecified atom stereocenters. The highest BCUT2D eigenvalue weighted by Gasteiger charge is 2.28. The van der Waals surface area contributed by atoms with Crippen molar-refractivity contribution in [1.82, 2.24) is 20.2 Å². The molecule has 1 aliphatic heterocycles. The van der Waals surface area contributed by atoms with Crippen molar-refractivity contribution >= 4 is 17.5 Å². The zero-order valence-corrected chi connectivity index (χ0v) is 14.9. The van der Waals surface area contributed by atoms with Gasteiger partial charge in [-0.3, -0.25) is 9.78 Å². The third kappa shape index (κ3) is 4.46. The van der Waals surface area contributed by atoms with E-state index in [2.05, 4.69) is 15.3 Å². The molecule has 1 N–H and O–H groups in total. The van der Waals surface area contributed by atoms with Crippen LogP contribution in [0.2, 0.25) is 5.02 Å². The van der Waals surface area contributed by atoms with Crippen LogP contribution in [-0.4, -0.2) is 47.5 Å². The van der Waals surface area contributed by atoms with Gasteiger partial charge in [0.25, 0.3) is 0 Å². The third-order valence-electron chi connectivity index (χ3n) is 4.21. The minimum Gasteiger partial charge on any atom is -0.437 e. The maximum absolute atomic E-state index is 12.2. The van der Waals surface area contributed by atoms with Crippen molar-refractivity contribution in [3.63, 3.8) is 0 Å². The summed E-state index contributed by atoms with van der Waals surface area (Å²) < 4.78 is 5.91. The van der Waals surface area contributed by atoms with Gasteiger partial charge in [0, 0.05) is 36.4 Å². The number of likely N-dealkylation sites (tertiary alicyclic amines) is 1.